The first-order chi connectivity index (χ1) is 12.3. The number of carbonyl (C=O) groups excluding carboxylic acids is 2. The van der Waals surface area contributed by atoms with Gasteiger partial charge in [-0.05, 0) is 25.7 Å². The summed E-state index contributed by atoms with van der Waals surface area (Å²) in [4.78, 5) is 34.2. The van der Waals surface area contributed by atoms with Crippen molar-refractivity contribution in [3.05, 3.63) is 11.6 Å². The quantitative estimate of drug-likeness (QED) is 0.765. The molecule has 26 heavy (non-hydrogen) atoms. The Labute approximate surface area is 152 Å². The van der Waals surface area contributed by atoms with Gasteiger partial charge in [0.2, 0.25) is 11.8 Å². The Morgan fingerprint density at radius 1 is 1.42 bits per heavy atom. The van der Waals surface area contributed by atoms with Crippen LogP contribution in [0.4, 0.5) is 0 Å². The van der Waals surface area contributed by atoms with E-state index in [1.54, 1.807) is 0 Å². The molecule has 2 amide bonds. The lowest BCUT2D eigenvalue weighted by atomic mass is 10.0. The summed E-state index contributed by atoms with van der Waals surface area (Å²) in [7, 11) is 0. The maximum Gasteiger partial charge on any atom is 0.290 e. The van der Waals surface area contributed by atoms with Gasteiger partial charge < -0.3 is 19.9 Å². The van der Waals surface area contributed by atoms with Crippen LogP contribution in [0.1, 0.15) is 57.2 Å². The second kappa shape index (κ2) is 8.77. The maximum atomic E-state index is 12.6. The van der Waals surface area contributed by atoms with Crippen molar-refractivity contribution in [1.29, 1.82) is 0 Å². The van der Waals surface area contributed by atoms with Gasteiger partial charge in [-0.1, -0.05) is 13.8 Å². The summed E-state index contributed by atoms with van der Waals surface area (Å²) in [5, 5.41) is 18.2. The van der Waals surface area contributed by atoms with Crippen LogP contribution in [0.2, 0.25) is 0 Å². The van der Waals surface area contributed by atoms with Crippen LogP contribution in [0.3, 0.4) is 0 Å². The van der Waals surface area contributed by atoms with Crippen LogP contribution in [0.5, 0.6) is 0 Å². The standard InChI is InChI=1S/C16H25N5O2.CH2O2/c1-10(2)6-13-8-20(9-14-19-18-11(3)21(13)14)16(23)7-12-4-5-15(22)17-12;2-1-3/h10,12-13H,4-9H2,1-3H3,(H,17,22);1H,(H,2,3)/t12-,13-;/m0./s1. The molecular weight excluding hydrogens is 338 g/mol. The van der Waals surface area contributed by atoms with Crippen molar-refractivity contribution in [2.75, 3.05) is 6.54 Å². The topological polar surface area (TPSA) is 117 Å². The predicted molar refractivity (Wildman–Crippen MR) is 93.1 cm³/mol. The molecule has 2 aliphatic heterocycles. The van der Waals surface area contributed by atoms with Crippen molar-refractivity contribution in [2.45, 2.75) is 65.1 Å². The number of amides is 2. The molecule has 2 N–H and O–H groups in total. The van der Waals surface area contributed by atoms with Gasteiger partial charge in [0, 0.05) is 25.4 Å². The molecule has 3 rings (SSSR count). The van der Waals surface area contributed by atoms with Crippen LogP contribution in [-0.4, -0.2) is 55.6 Å². The van der Waals surface area contributed by atoms with Crippen molar-refractivity contribution in [3.63, 3.8) is 0 Å². The van der Waals surface area contributed by atoms with Crippen molar-refractivity contribution in [1.82, 2.24) is 25.0 Å². The molecule has 0 aliphatic carbocycles. The highest BCUT2D eigenvalue weighted by atomic mass is 16.3. The molecule has 1 aromatic rings. The number of aromatic nitrogens is 3. The molecule has 1 fully saturated rings. The molecule has 144 valence electrons. The lowest BCUT2D eigenvalue weighted by Crippen LogP contribution is -2.43. The minimum Gasteiger partial charge on any atom is -0.483 e. The predicted octanol–water partition coefficient (Wildman–Crippen LogP) is 0.885. The Morgan fingerprint density at radius 3 is 2.69 bits per heavy atom. The number of nitrogens with zero attached hydrogens (tertiary/aromatic N) is 4. The zero-order valence-corrected chi connectivity index (χ0v) is 15.5. The van der Waals surface area contributed by atoms with Gasteiger partial charge in [-0.15, -0.1) is 10.2 Å². The lowest BCUT2D eigenvalue weighted by molar-refractivity contribution is -0.134. The summed E-state index contributed by atoms with van der Waals surface area (Å²) < 4.78 is 2.18. The number of hydrogen-bond acceptors (Lipinski definition) is 5. The van der Waals surface area contributed by atoms with Crippen LogP contribution in [-0.2, 0) is 20.9 Å². The molecule has 3 heterocycles. The largest absolute Gasteiger partial charge is 0.483 e. The molecule has 0 aromatic carbocycles. The van der Waals surface area contributed by atoms with Crippen LogP contribution in [0.25, 0.3) is 0 Å². The van der Waals surface area contributed by atoms with Crippen LogP contribution in [0, 0.1) is 12.8 Å². The summed E-state index contributed by atoms with van der Waals surface area (Å²) in [5.74, 6) is 2.47. The van der Waals surface area contributed by atoms with E-state index in [1.807, 2.05) is 11.8 Å². The fraction of sp³-hybridized carbons (Fsp3) is 0.706. The van der Waals surface area contributed by atoms with Crippen LogP contribution >= 0.6 is 0 Å². The number of carbonyl (C=O) groups is 3. The Kier molecular flexibility index (Phi) is 6.70. The molecule has 2 aliphatic rings. The Balaban J connectivity index is 0.000000758. The van der Waals surface area contributed by atoms with Gasteiger partial charge in [0.05, 0.1) is 12.6 Å². The number of aryl methyl sites for hydroxylation is 1. The zero-order chi connectivity index (χ0) is 19.3. The van der Waals surface area contributed by atoms with E-state index in [1.165, 1.54) is 0 Å². The third-order valence-corrected chi connectivity index (χ3v) is 4.67. The average Bonchev–Trinajstić information content (AvgIpc) is 3.13. The van der Waals surface area contributed by atoms with E-state index in [0.29, 0.717) is 31.8 Å². The summed E-state index contributed by atoms with van der Waals surface area (Å²) in [5.41, 5.74) is 0. The molecule has 0 unspecified atom stereocenters. The molecule has 1 saturated heterocycles. The van der Waals surface area contributed by atoms with E-state index in [0.717, 1.165) is 24.5 Å². The van der Waals surface area contributed by atoms with Gasteiger partial charge in [0.15, 0.2) is 5.82 Å². The number of rotatable bonds is 4. The Bertz CT molecular complexity index is 658. The first-order valence-corrected chi connectivity index (χ1v) is 8.91. The monoisotopic (exact) mass is 365 g/mol. The normalized spacial score (nSPS) is 21.7. The van der Waals surface area contributed by atoms with Crippen LogP contribution in [0.15, 0.2) is 0 Å². The van der Waals surface area contributed by atoms with E-state index in [4.69, 9.17) is 9.90 Å². The molecule has 0 saturated carbocycles. The third-order valence-electron chi connectivity index (χ3n) is 4.67. The molecule has 1 aromatic heterocycles. The minimum atomic E-state index is -0.250. The van der Waals surface area contributed by atoms with Crippen molar-refractivity contribution in [3.8, 4) is 0 Å². The molecular formula is C17H27N5O4. The molecule has 2 atom stereocenters. The van der Waals surface area contributed by atoms with E-state index in [-0.39, 0.29) is 30.4 Å². The van der Waals surface area contributed by atoms with Gasteiger partial charge in [-0.2, -0.15) is 0 Å². The Morgan fingerprint density at radius 2 is 2.12 bits per heavy atom. The second-order valence-corrected chi connectivity index (χ2v) is 7.20. The van der Waals surface area contributed by atoms with E-state index >= 15 is 0 Å². The van der Waals surface area contributed by atoms with E-state index < -0.39 is 0 Å². The molecule has 9 nitrogen and oxygen atoms in total. The highest BCUT2D eigenvalue weighted by molar-refractivity contribution is 5.82. The van der Waals surface area contributed by atoms with Crippen molar-refractivity contribution >= 4 is 18.3 Å². The van der Waals surface area contributed by atoms with E-state index in [9.17, 15) is 9.59 Å². The van der Waals surface area contributed by atoms with E-state index in [2.05, 4.69) is 33.9 Å². The van der Waals surface area contributed by atoms with Crippen molar-refractivity contribution < 1.29 is 19.5 Å². The lowest BCUT2D eigenvalue weighted by Gasteiger charge is -2.35. The number of carboxylic acid groups (broad SMARTS) is 1. The van der Waals surface area contributed by atoms with Gasteiger partial charge >= 0.3 is 0 Å². The first-order valence-electron chi connectivity index (χ1n) is 8.91. The summed E-state index contributed by atoms with van der Waals surface area (Å²) in [6.07, 6.45) is 2.66. The first kappa shape index (κ1) is 19.9. The smallest absolute Gasteiger partial charge is 0.290 e. The number of nitrogens with one attached hydrogen (secondary N) is 1. The molecule has 0 bridgehead atoms. The van der Waals surface area contributed by atoms with Gasteiger partial charge in [-0.25, -0.2) is 0 Å². The fourth-order valence-corrected chi connectivity index (χ4v) is 3.65. The third kappa shape index (κ3) is 4.80. The summed E-state index contributed by atoms with van der Waals surface area (Å²) in [6, 6.07) is 0.218. The van der Waals surface area contributed by atoms with Crippen molar-refractivity contribution in [2.24, 2.45) is 5.92 Å². The van der Waals surface area contributed by atoms with Gasteiger partial charge in [0.25, 0.3) is 6.47 Å². The van der Waals surface area contributed by atoms with Gasteiger partial charge in [-0.3, -0.25) is 14.4 Å². The fourth-order valence-electron chi connectivity index (χ4n) is 3.65. The highest BCUT2D eigenvalue weighted by Gasteiger charge is 2.32. The molecule has 0 spiro atoms. The maximum absolute atomic E-state index is 12.6. The van der Waals surface area contributed by atoms with Crippen LogP contribution < -0.4 is 5.32 Å². The number of hydrogen-bond donors (Lipinski definition) is 2. The molecule has 9 heteroatoms. The Hall–Kier alpha value is -2.45. The average molecular weight is 365 g/mol. The second-order valence-electron chi connectivity index (χ2n) is 7.20. The number of fused-ring (bicyclic) bond motifs is 1. The molecule has 0 radical (unpaired) electrons. The van der Waals surface area contributed by atoms with Gasteiger partial charge in [0.1, 0.15) is 5.82 Å². The minimum absolute atomic E-state index is 0.0138. The SMILES string of the molecule is Cc1nnc2n1[C@@H](CC(C)C)CN(C(=O)C[C@@H]1CCC(=O)N1)C2.O=CO. The highest BCUT2D eigenvalue weighted by Crippen LogP contribution is 2.27. The summed E-state index contributed by atoms with van der Waals surface area (Å²) in [6.45, 7) is 7.30. The summed E-state index contributed by atoms with van der Waals surface area (Å²) >= 11 is 0. The zero-order valence-electron chi connectivity index (χ0n) is 15.5.